The van der Waals surface area contributed by atoms with Crippen molar-refractivity contribution in [3.05, 3.63) is 23.8 Å². The highest BCUT2D eigenvalue weighted by Crippen LogP contribution is 2.42. The zero-order valence-corrected chi connectivity index (χ0v) is 15.7. The first-order chi connectivity index (χ1) is 11.2. The fourth-order valence-electron chi connectivity index (χ4n) is 2.86. The van der Waals surface area contributed by atoms with Crippen molar-refractivity contribution in [1.29, 1.82) is 0 Å². The minimum Gasteiger partial charge on any atom is -0.480 e. The van der Waals surface area contributed by atoms with E-state index in [9.17, 15) is 23.1 Å². The predicted molar refractivity (Wildman–Crippen MR) is 92.6 cm³/mol. The number of carboxylic acid groups (broad SMARTS) is 1. The lowest BCUT2D eigenvalue weighted by molar-refractivity contribution is -0.137. The SMILES string of the molecule is CC(C)(C)OC(=O)Nc1ccc2c(c1)C(C)(C)CC(C(=O)O)S2(=O)=O. The second-order valence-electron chi connectivity index (χ2n) is 7.80. The molecule has 138 valence electrons. The van der Waals surface area contributed by atoms with E-state index in [-0.39, 0.29) is 11.3 Å². The maximum atomic E-state index is 12.6. The Morgan fingerprint density at radius 1 is 1.28 bits per heavy atom. The highest BCUT2D eigenvalue weighted by Gasteiger charge is 2.46. The Morgan fingerprint density at radius 3 is 2.40 bits per heavy atom. The van der Waals surface area contributed by atoms with Gasteiger partial charge in [-0.05, 0) is 56.4 Å². The van der Waals surface area contributed by atoms with Gasteiger partial charge in [0.25, 0.3) is 0 Å². The smallest absolute Gasteiger partial charge is 0.412 e. The molecule has 0 spiro atoms. The molecule has 0 bridgehead atoms. The molecule has 0 saturated heterocycles. The zero-order chi connectivity index (χ0) is 19.2. The predicted octanol–water partition coefficient (Wildman–Crippen LogP) is 2.94. The molecule has 2 N–H and O–H groups in total. The molecule has 0 aliphatic carbocycles. The van der Waals surface area contributed by atoms with Gasteiger partial charge in [0, 0.05) is 5.69 Å². The number of fused-ring (bicyclic) bond motifs is 1. The fourth-order valence-corrected chi connectivity index (χ4v) is 4.97. The van der Waals surface area contributed by atoms with E-state index in [1.54, 1.807) is 40.7 Å². The number of hydrogen-bond donors (Lipinski definition) is 2. The summed E-state index contributed by atoms with van der Waals surface area (Å²) in [6.45, 7) is 8.78. The lowest BCUT2D eigenvalue weighted by Gasteiger charge is -2.35. The summed E-state index contributed by atoms with van der Waals surface area (Å²) in [7, 11) is -3.97. The molecule has 0 fully saturated rings. The minimum atomic E-state index is -3.97. The summed E-state index contributed by atoms with van der Waals surface area (Å²) in [5.74, 6) is -1.35. The summed E-state index contributed by atoms with van der Waals surface area (Å²) in [6.07, 6.45) is -0.680. The summed E-state index contributed by atoms with van der Waals surface area (Å²) in [5, 5.41) is 10.4. The molecule has 1 aromatic rings. The van der Waals surface area contributed by atoms with Crippen molar-refractivity contribution in [3.8, 4) is 0 Å². The number of sulfone groups is 1. The maximum absolute atomic E-state index is 12.6. The van der Waals surface area contributed by atoms with E-state index in [1.807, 2.05) is 0 Å². The van der Waals surface area contributed by atoms with Crippen LogP contribution in [0.2, 0.25) is 0 Å². The first-order valence-corrected chi connectivity index (χ1v) is 9.40. The Kier molecular flexibility index (Phi) is 4.63. The summed E-state index contributed by atoms with van der Waals surface area (Å²) in [4.78, 5) is 23.2. The zero-order valence-electron chi connectivity index (χ0n) is 14.9. The number of anilines is 1. The van der Waals surface area contributed by atoms with Gasteiger partial charge in [-0.1, -0.05) is 13.8 Å². The molecule has 1 aromatic carbocycles. The molecule has 2 rings (SSSR count). The highest BCUT2D eigenvalue weighted by atomic mass is 32.2. The van der Waals surface area contributed by atoms with Crippen molar-refractivity contribution in [3.63, 3.8) is 0 Å². The van der Waals surface area contributed by atoms with Gasteiger partial charge in [-0.2, -0.15) is 0 Å². The normalized spacial score (nSPS) is 21.1. The van der Waals surface area contributed by atoms with Crippen LogP contribution in [0, 0.1) is 0 Å². The number of ether oxygens (including phenoxy) is 1. The summed E-state index contributed by atoms with van der Waals surface area (Å²) >= 11 is 0. The minimum absolute atomic E-state index is 0.00844. The second kappa shape index (κ2) is 6.01. The molecule has 1 aliphatic rings. The van der Waals surface area contributed by atoms with Crippen LogP contribution in [-0.4, -0.2) is 36.4 Å². The van der Waals surface area contributed by atoms with Crippen LogP contribution < -0.4 is 5.32 Å². The van der Waals surface area contributed by atoms with Gasteiger partial charge in [0.15, 0.2) is 15.1 Å². The number of carboxylic acids is 1. The van der Waals surface area contributed by atoms with Crippen LogP contribution in [0.15, 0.2) is 23.1 Å². The van der Waals surface area contributed by atoms with E-state index in [1.165, 1.54) is 12.1 Å². The molecule has 0 radical (unpaired) electrons. The monoisotopic (exact) mass is 369 g/mol. The number of amides is 1. The van der Waals surface area contributed by atoms with Crippen LogP contribution in [0.3, 0.4) is 0 Å². The van der Waals surface area contributed by atoms with Crippen LogP contribution in [0.4, 0.5) is 10.5 Å². The van der Waals surface area contributed by atoms with Gasteiger partial charge >= 0.3 is 12.1 Å². The van der Waals surface area contributed by atoms with Crippen molar-refractivity contribution < 1.29 is 27.9 Å². The Bertz CT molecular complexity index is 820. The molecule has 8 heteroatoms. The van der Waals surface area contributed by atoms with Gasteiger partial charge in [0.1, 0.15) is 5.60 Å². The Hall–Kier alpha value is -2.09. The topological polar surface area (TPSA) is 110 Å². The average Bonchev–Trinajstić information content (AvgIpc) is 2.40. The molecule has 1 heterocycles. The molecular formula is C17H23NO6S. The van der Waals surface area contributed by atoms with Crippen molar-refractivity contribution in [2.45, 2.75) is 62.2 Å². The molecule has 0 saturated carbocycles. The molecule has 25 heavy (non-hydrogen) atoms. The van der Waals surface area contributed by atoms with Crippen molar-refractivity contribution in [1.82, 2.24) is 0 Å². The maximum Gasteiger partial charge on any atom is 0.412 e. The van der Waals surface area contributed by atoms with Crippen LogP contribution in [0.1, 0.15) is 46.6 Å². The van der Waals surface area contributed by atoms with E-state index >= 15 is 0 Å². The van der Waals surface area contributed by atoms with Gasteiger partial charge in [-0.3, -0.25) is 10.1 Å². The number of aliphatic carboxylic acids is 1. The van der Waals surface area contributed by atoms with Crippen molar-refractivity contribution >= 4 is 27.6 Å². The Labute approximate surface area is 147 Å². The number of rotatable bonds is 2. The molecule has 1 amide bonds. The molecule has 1 unspecified atom stereocenters. The second-order valence-corrected chi connectivity index (χ2v) is 9.90. The van der Waals surface area contributed by atoms with E-state index in [2.05, 4.69) is 5.32 Å². The summed E-state index contributed by atoms with van der Waals surface area (Å²) in [5.41, 5.74) is -0.450. The van der Waals surface area contributed by atoms with Gasteiger partial charge in [0.2, 0.25) is 0 Å². The third-order valence-corrected chi connectivity index (χ3v) is 6.09. The highest BCUT2D eigenvalue weighted by molar-refractivity contribution is 7.93. The molecule has 1 atom stereocenters. The standard InChI is InChI=1S/C17H23NO6S/c1-16(2,3)24-15(21)18-10-6-7-12-11(8-10)17(4,5)9-13(14(19)20)25(12,22)23/h6-8,13H,9H2,1-5H3,(H,18,21)(H,19,20). The molecular weight excluding hydrogens is 346 g/mol. The van der Waals surface area contributed by atoms with E-state index < -0.39 is 38.2 Å². The number of nitrogens with one attached hydrogen (secondary N) is 1. The Morgan fingerprint density at radius 2 is 1.88 bits per heavy atom. The number of carbonyl (C=O) groups excluding carboxylic acids is 1. The summed E-state index contributed by atoms with van der Waals surface area (Å²) in [6, 6.07) is 4.34. The number of benzene rings is 1. The van der Waals surface area contributed by atoms with E-state index in [0.717, 1.165) is 0 Å². The van der Waals surface area contributed by atoms with Gasteiger partial charge in [0.05, 0.1) is 4.90 Å². The number of carbonyl (C=O) groups is 2. The average molecular weight is 369 g/mol. The fraction of sp³-hybridized carbons (Fsp3) is 0.529. The van der Waals surface area contributed by atoms with Crippen LogP contribution in [0.5, 0.6) is 0 Å². The first-order valence-electron chi connectivity index (χ1n) is 7.85. The lowest BCUT2D eigenvalue weighted by atomic mass is 9.79. The molecule has 1 aliphatic heterocycles. The van der Waals surface area contributed by atoms with Gasteiger partial charge in [-0.15, -0.1) is 0 Å². The molecule has 7 nitrogen and oxygen atoms in total. The van der Waals surface area contributed by atoms with Gasteiger partial charge < -0.3 is 9.84 Å². The van der Waals surface area contributed by atoms with Crippen LogP contribution in [-0.2, 0) is 24.8 Å². The summed E-state index contributed by atoms with van der Waals surface area (Å²) < 4.78 is 30.3. The van der Waals surface area contributed by atoms with Crippen LogP contribution >= 0.6 is 0 Å². The van der Waals surface area contributed by atoms with Crippen LogP contribution in [0.25, 0.3) is 0 Å². The lowest BCUT2D eigenvalue weighted by Crippen LogP contribution is -2.42. The number of hydrogen-bond acceptors (Lipinski definition) is 5. The Balaban J connectivity index is 2.43. The van der Waals surface area contributed by atoms with E-state index in [0.29, 0.717) is 11.3 Å². The molecule has 0 aromatic heterocycles. The quantitative estimate of drug-likeness (QED) is 0.829. The van der Waals surface area contributed by atoms with E-state index in [4.69, 9.17) is 4.74 Å². The largest absolute Gasteiger partial charge is 0.480 e. The third kappa shape index (κ3) is 3.95. The van der Waals surface area contributed by atoms with Gasteiger partial charge in [-0.25, -0.2) is 13.2 Å². The van der Waals surface area contributed by atoms with Crippen molar-refractivity contribution in [2.24, 2.45) is 0 Å². The first kappa shape index (κ1) is 19.2. The third-order valence-electron chi connectivity index (χ3n) is 4.01. The van der Waals surface area contributed by atoms with Crippen molar-refractivity contribution in [2.75, 3.05) is 5.32 Å².